The van der Waals surface area contributed by atoms with E-state index >= 15 is 0 Å². The Morgan fingerprint density at radius 1 is 0.725 bits per heavy atom. The fourth-order valence-corrected chi connectivity index (χ4v) is 7.09. The summed E-state index contributed by atoms with van der Waals surface area (Å²) in [6.07, 6.45) is 3.15. The Balaban J connectivity index is 1.26. The summed E-state index contributed by atoms with van der Waals surface area (Å²) in [4.78, 5) is 41.9. The van der Waals surface area contributed by atoms with Crippen molar-refractivity contribution in [1.29, 1.82) is 0 Å². The van der Waals surface area contributed by atoms with Gasteiger partial charge in [-0.2, -0.15) is 0 Å². The van der Waals surface area contributed by atoms with Gasteiger partial charge in [0.1, 0.15) is 12.1 Å². The summed E-state index contributed by atoms with van der Waals surface area (Å²) in [5.41, 5.74) is 7.40. The van der Waals surface area contributed by atoms with Gasteiger partial charge in [-0.3, -0.25) is 14.4 Å². The highest BCUT2D eigenvalue weighted by Gasteiger charge is 2.36. The van der Waals surface area contributed by atoms with Gasteiger partial charge in [0, 0.05) is 12.1 Å². The minimum atomic E-state index is -0.628. The van der Waals surface area contributed by atoms with Gasteiger partial charge in [0.05, 0.1) is 12.5 Å². The Labute approximate surface area is 301 Å². The summed E-state index contributed by atoms with van der Waals surface area (Å²) in [6, 6.07) is 44.7. The number of carbonyl (C=O) groups is 3. The first-order chi connectivity index (χ1) is 24.6. The summed E-state index contributed by atoms with van der Waals surface area (Å²) in [5, 5.41) is 2.66. The molecular formula is C45H46N2O4. The van der Waals surface area contributed by atoms with Gasteiger partial charge in [0.15, 0.2) is 0 Å². The maximum Gasteiger partial charge on any atom is 0.325 e. The fourth-order valence-electron chi connectivity index (χ4n) is 7.09. The number of ether oxygens (including phenoxy) is 1. The van der Waals surface area contributed by atoms with E-state index < -0.39 is 11.6 Å². The average molecular weight is 679 g/mol. The number of rotatable bonds is 11. The number of carbonyl (C=O) groups excluding carboxylic acids is 3. The van der Waals surface area contributed by atoms with Crippen molar-refractivity contribution in [2.45, 2.75) is 64.6 Å². The number of esters is 1. The summed E-state index contributed by atoms with van der Waals surface area (Å²) >= 11 is 0. The molecule has 0 saturated carbocycles. The van der Waals surface area contributed by atoms with Crippen LogP contribution in [-0.4, -0.2) is 34.8 Å². The number of amides is 2. The standard InChI is InChI=1S/C45H46N2O4/c1-45(2,3)51-42(49)30-46-44(50)39-22-13-21-37(29-39)36-20-12-18-34(27-36)28-41(48)47(31-33-16-8-5-9-17-33)43-38(26-32-14-6-4-7-15-32)25-24-35-19-10-11-23-40(35)43/h4-23,27,29,38,43H,24-26,28,30-31H2,1-3H3,(H,46,50)/t38-,43-/m0/s1. The van der Waals surface area contributed by atoms with Crippen molar-refractivity contribution >= 4 is 17.8 Å². The van der Waals surface area contributed by atoms with Gasteiger partial charge >= 0.3 is 5.97 Å². The molecule has 0 aromatic heterocycles. The number of hydrogen-bond donors (Lipinski definition) is 1. The van der Waals surface area contributed by atoms with Crippen LogP contribution in [0.5, 0.6) is 0 Å². The van der Waals surface area contributed by atoms with Crippen molar-refractivity contribution in [3.8, 4) is 11.1 Å². The third kappa shape index (κ3) is 9.40. The highest BCUT2D eigenvalue weighted by atomic mass is 16.6. The van der Waals surface area contributed by atoms with Crippen molar-refractivity contribution in [2.24, 2.45) is 5.92 Å². The maximum atomic E-state index is 14.7. The zero-order valence-electron chi connectivity index (χ0n) is 29.7. The van der Waals surface area contributed by atoms with Crippen molar-refractivity contribution in [3.63, 3.8) is 0 Å². The van der Waals surface area contributed by atoms with Crippen LogP contribution in [0.1, 0.15) is 71.4 Å². The molecule has 6 heteroatoms. The van der Waals surface area contributed by atoms with E-state index in [0.717, 1.165) is 41.5 Å². The molecule has 6 nitrogen and oxygen atoms in total. The minimum Gasteiger partial charge on any atom is -0.459 e. The lowest BCUT2D eigenvalue weighted by molar-refractivity contribution is -0.153. The molecule has 0 spiro atoms. The number of aryl methyl sites for hydroxylation is 1. The predicted molar refractivity (Wildman–Crippen MR) is 202 cm³/mol. The Morgan fingerprint density at radius 3 is 2.08 bits per heavy atom. The molecule has 0 bridgehead atoms. The number of nitrogens with zero attached hydrogens (tertiary/aromatic N) is 1. The molecule has 1 N–H and O–H groups in total. The van der Waals surface area contributed by atoms with Gasteiger partial charge < -0.3 is 15.0 Å². The third-order valence-electron chi connectivity index (χ3n) is 9.35. The first-order valence-electron chi connectivity index (χ1n) is 17.8. The number of benzene rings is 5. The SMILES string of the molecule is CC(C)(C)OC(=O)CNC(=O)c1cccc(-c2cccc(CC(=O)N(Cc3ccccc3)[C@@H]3c4ccccc4CC[C@H]3Cc3ccccc3)c2)c1. The normalized spacial score (nSPS) is 15.4. The van der Waals surface area contributed by atoms with E-state index in [0.29, 0.717) is 12.1 Å². The summed E-state index contributed by atoms with van der Waals surface area (Å²) in [5.74, 6) is -0.506. The van der Waals surface area contributed by atoms with Crippen molar-refractivity contribution in [2.75, 3.05) is 6.54 Å². The van der Waals surface area contributed by atoms with Crippen LogP contribution in [0.3, 0.4) is 0 Å². The molecule has 51 heavy (non-hydrogen) atoms. The van der Waals surface area contributed by atoms with E-state index in [1.807, 2.05) is 60.7 Å². The quantitative estimate of drug-likeness (QED) is 0.142. The van der Waals surface area contributed by atoms with Crippen LogP contribution in [0.2, 0.25) is 0 Å². The Kier molecular flexibility index (Phi) is 11.1. The minimum absolute atomic E-state index is 0.0677. The monoisotopic (exact) mass is 678 g/mol. The summed E-state index contributed by atoms with van der Waals surface area (Å²) < 4.78 is 5.32. The molecule has 1 aliphatic rings. The smallest absolute Gasteiger partial charge is 0.325 e. The first kappa shape index (κ1) is 35.3. The van der Waals surface area contributed by atoms with E-state index in [4.69, 9.17) is 4.74 Å². The molecule has 0 radical (unpaired) electrons. The van der Waals surface area contributed by atoms with E-state index in [-0.39, 0.29) is 36.7 Å². The number of fused-ring (bicyclic) bond motifs is 1. The zero-order valence-corrected chi connectivity index (χ0v) is 29.7. The highest BCUT2D eigenvalue weighted by molar-refractivity contribution is 5.97. The summed E-state index contributed by atoms with van der Waals surface area (Å²) in [7, 11) is 0. The topological polar surface area (TPSA) is 75.7 Å². The van der Waals surface area contributed by atoms with Crippen LogP contribution in [0, 0.1) is 5.92 Å². The lowest BCUT2D eigenvalue weighted by atomic mass is 9.76. The molecule has 5 aromatic carbocycles. The van der Waals surface area contributed by atoms with Gasteiger partial charge in [-0.05, 0) is 97.0 Å². The highest BCUT2D eigenvalue weighted by Crippen LogP contribution is 2.41. The van der Waals surface area contributed by atoms with Crippen molar-refractivity contribution in [3.05, 3.63) is 167 Å². The molecule has 0 saturated heterocycles. The zero-order chi connectivity index (χ0) is 35.8. The largest absolute Gasteiger partial charge is 0.459 e. The third-order valence-corrected chi connectivity index (χ3v) is 9.35. The average Bonchev–Trinajstić information content (AvgIpc) is 3.13. The maximum absolute atomic E-state index is 14.7. The van der Waals surface area contributed by atoms with Crippen LogP contribution in [0.4, 0.5) is 0 Å². The second-order valence-corrected chi connectivity index (χ2v) is 14.4. The van der Waals surface area contributed by atoms with Crippen LogP contribution in [0.15, 0.2) is 133 Å². The number of nitrogens with one attached hydrogen (secondary N) is 1. The second kappa shape index (κ2) is 16.0. The van der Waals surface area contributed by atoms with Crippen LogP contribution in [-0.2, 0) is 40.1 Å². The molecular weight excluding hydrogens is 633 g/mol. The van der Waals surface area contributed by atoms with Gasteiger partial charge in [0.2, 0.25) is 5.91 Å². The van der Waals surface area contributed by atoms with Crippen molar-refractivity contribution < 1.29 is 19.1 Å². The van der Waals surface area contributed by atoms with E-state index in [2.05, 4.69) is 70.9 Å². The molecule has 1 aliphatic carbocycles. The molecule has 0 heterocycles. The van der Waals surface area contributed by atoms with Crippen LogP contribution < -0.4 is 5.32 Å². The predicted octanol–water partition coefficient (Wildman–Crippen LogP) is 8.54. The molecule has 0 aliphatic heterocycles. The first-order valence-corrected chi connectivity index (χ1v) is 17.8. The van der Waals surface area contributed by atoms with Gasteiger partial charge in [-0.1, -0.05) is 121 Å². The van der Waals surface area contributed by atoms with E-state index in [1.54, 1.807) is 32.9 Å². The van der Waals surface area contributed by atoms with E-state index in [9.17, 15) is 14.4 Å². The number of hydrogen-bond acceptors (Lipinski definition) is 4. The van der Waals surface area contributed by atoms with Crippen molar-refractivity contribution in [1.82, 2.24) is 10.2 Å². The molecule has 6 rings (SSSR count). The Bertz CT molecular complexity index is 1970. The van der Waals surface area contributed by atoms with Crippen LogP contribution >= 0.6 is 0 Å². The lowest BCUT2D eigenvalue weighted by Crippen LogP contribution is -2.41. The second-order valence-electron chi connectivity index (χ2n) is 14.4. The lowest BCUT2D eigenvalue weighted by Gasteiger charge is -2.42. The molecule has 0 fully saturated rings. The molecule has 2 atom stereocenters. The molecule has 2 amide bonds. The van der Waals surface area contributed by atoms with Gasteiger partial charge in [-0.25, -0.2) is 0 Å². The molecule has 5 aromatic rings. The van der Waals surface area contributed by atoms with Crippen LogP contribution in [0.25, 0.3) is 11.1 Å². The van der Waals surface area contributed by atoms with Gasteiger partial charge in [-0.15, -0.1) is 0 Å². The van der Waals surface area contributed by atoms with E-state index in [1.165, 1.54) is 16.7 Å². The summed E-state index contributed by atoms with van der Waals surface area (Å²) in [6.45, 7) is 5.67. The molecule has 0 unspecified atom stereocenters. The molecule has 260 valence electrons. The fraction of sp³-hybridized carbons (Fsp3) is 0.267. The Hall–Kier alpha value is -5.49. The van der Waals surface area contributed by atoms with Gasteiger partial charge in [0.25, 0.3) is 5.91 Å². The Morgan fingerprint density at radius 2 is 1.35 bits per heavy atom.